The highest BCUT2D eigenvalue weighted by atomic mass is 35.5. The first-order valence-electron chi connectivity index (χ1n) is 4.11. The van der Waals surface area contributed by atoms with Crippen LogP contribution in [0.15, 0.2) is 29.2 Å². The summed E-state index contributed by atoms with van der Waals surface area (Å²) in [5.41, 5.74) is 0. The number of hydrogen-bond acceptors (Lipinski definition) is 3. The van der Waals surface area contributed by atoms with Crippen LogP contribution in [0.5, 0.6) is 0 Å². The molecule has 0 saturated heterocycles. The van der Waals surface area contributed by atoms with E-state index in [-0.39, 0.29) is 9.92 Å². The fourth-order valence-corrected chi connectivity index (χ4v) is 2.53. The minimum atomic E-state index is -3.72. The zero-order valence-electron chi connectivity index (χ0n) is 7.90. The third-order valence-electron chi connectivity index (χ3n) is 1.43. The van der Waals surface area contributed by atoms with E-state index in [1.165, 1.54) is 12.1 Å². The van der Waals surface area contributed by atoms with Crippen molar-refractivity contribution in [3.8, 4) is 0 Å². The van der Waals surface area contributed by atoms with Crippen molar-refractivity contribution in [1.29, 1.82) is 0 Å². The molecule has 0 radical (unpaired) electrons. The number of hydrogen-bond donors (Lipinski definition) is 0. The zero-order chi connectivity index (χ0) is 10.8. The molecule has 3 nitrogen and oxygen atoms in total. The van der Waals surface area contributed by atoms with Crippen molar-refractivity contribution in [2.75, 3.05) is 0 Å². The second-order valence-corrected chi connectivity index (χ2v) is 4.98. The van der Waals surface area contributed by atoms with E-state index in [2.05, 4.69) is 0 Å². The Morgan fingerprint density at radius 1 is 1.29 bits per heavy atom. The molecule has 0 bridgehead atoms. The van der Waals surface area contributed by atoms with Gasteiger partial charge in [0.25, 0.3) is 10.1 Å². The van der Waals surface area contributed by atoms with Crippen molar-refractivity contribution in [2.45, 2.75) is 24.8 Å². The Kier molecular flexibility index (Phi) is 3.53. The fraction of sp³-hybridized carbons (Fsp3) is 0.333. The first-order chi connectivity index (χ1) is 6.43. The lowest BCUT2D eigenvalue weighted by molar-refractivity contribution is 0.249. The molecule has 0 N–H and O–H groups in total. The second kappa shape index (κ2) is 4.29. The molecule has 0 heterocycles. The molecular weight excluding hydrogens is 224 g/mol. The molecule has 0 aliphatic carbocycles. The maximum Gasteiger partial charge on any atom is 0.298 e. The lowest BCUT2D eigenvalue weighted by Gasteiger charge is -2.08. The van der Waals surface area contributed by atoms with E-state index >= 15 is 0 Å². The van der Waals surface area contributed by atoms with Gasteiger partial charge >= 0.3 is 0 Å². The standard InChI is InChI=1S/C9H11ClO3S/c1-7(2)13-14(11,12)9-6-4-3-5-8(9)10/h3-7H,1-2H3. The van der Waals surface area contributed by atoms with Gasteiger partial charge in [0.1, 0.15) is 4.90 Å². The van der Waals surface area contributed by atoms with E-state index in [9.17, 15) is 8.42 Å². The molecule has 0 atom stereocenters. The summed E-state index contributed by atoms with van der Waals surface area (Å²) in [6.45, 7) is 3.29. The Labute approximate surface area is 88.8 Å². The summed E-state index contributed by atoms with van der Waals surface area (Å²) in [6.07, 6.45) is -0.392. The first-order valence-corrected chi connectivity index (χ1v) is 5.90. The molecule has 1 rings (SSSR count). The normalized spacial score (nSPS) is 12.0. The van der Waals surface area contributed by atoms with Crippen LogP contribution in [0.25, 0.3) is 0 Å². The molecule has 0 unspecified atom stereocenters. The van der Waals surface area contributed by atoms with Crippen molar-refractivity contribution in [3.63, 3.8) is 0 Å². The summed E-state index contributed by atoms with van der Waals surface area (Å²) in [5.74, 6) is 0. The van der Waals surface area contributed by atoms with E-state index in [4.69, 9.17) is 15.8 Å². The van der Waals surface area contributed by atoms with Crippen LogP contribution < -0.4 is 0 Å². The van der Waals surface area contributed by atoms with Crippen LogP contribution in [0.1, 0.15) is 13.8 Å². The van der Waals surface area contributed by atoms with Gasteiger partial charge in [0, 0.05) is 0 Å². The van der Waals surface area contributed by atoms with Gasteiger partial charge in [0.15, 0.2) is 0 Å². The van der Waals surface area contributed by atoms with Crippen LogP contribution in [0.4, 0.5) is 0 Å². The molecule has 1 aromatic carbocycles. The highest BCUT2D eigenvalue weighted by molar-refractivity contribution is 7.86. The lowest BCUT2D eigenvalue weighted by atomic mass is 10.4. The Hall–Kier alpha value is -0.580. The van der Waals surface area contributed by atoms with Gasteiger partial charge in [-0.05, 0) is 26.0 Å². The summed E-state index contributed by atoms with van der Waals surface area (Å²) < 4.78 is 27.9. The average Bonchev–Trinajstić information content (AvgIpc) is 2.02. The van der Waals surface area contributed by atoms with Gasteiger partial charge in [-0.15, -0.1) is 0 Å². The minimum absolute atomic E-state index is 0.00960. The molecule has 0 aliphatic heterocycles. The van der Waals surface area contributed by atoms with Gasteiger partial charge in [-0.25, -0.2) is 0 Å². The van der Waals surface area contributed by atoms with Crippen LogP contribution in [-0.2, 0) is 14.3 Å². The second-order valence-electron chi connectivity index (χ2n) is 3.03. The molecule has 0 saturated carbocycles. The van der Waals surface area contributed by atoms with E-state index < -0.39 is 16.2 Å². The van der Waals surface area contributed by atoms with Crippen molar-refractivity contribution < 1.29 is 12.6 Å². The molecule has 0 aromatic heterocycles. The van der Waals surface area contributed by atoms with E-state index in [0.29, 0.717) is 0 Å². The molecule has 5 heteroatoms. The molecule has 0 aliphatic rings. The van der Waals surface area contributed by atoms with Crippen LogP contribution in [0, 0.1) is 0 Å². The van der Waals surface area contributed by atoms with E-state index in [1.54, 1.807) is 26.0 Å². The first kappa shape index (κ1) is 11.5. The van der Waals surface area contributed by atoms with Crippen LogP contribution in [0.3, 0.4) is 0 Å². The smallest absolute Gasteiger partial charge is 0.264 e. The molecule has 1 aromatic rings. The Morgan fingerprint density at radius 3 is 2.36 bits per heavy atom. The molecule has 14 heavy (non-hydrogen) atoms. The summed E-state index contributed by atoms with van der Waals surface area (Å²) in [5, 5.41) is 0.174. The van der Waals surface area contributed by atoms with Crippen molar-refractivity contribution in [2.24, 2.45) is 0 Å². The predicted molar refractivity (Wildman–Crippen MR) is 54.9 cm³/mol. The van der Waals surface area contributed by atoms with Crippen molar-refractivity contribution >= 4 is 21.7 Å². The maximum atomic E-state index is 11.6. The molecule has 0 fully saturated rings. The van der Waals surface area contributed by atoms with Crippen molar-refractivity contribution in [3.05, 3.63) is 29.3 Å². The van der Waals surface area contributed by atoms with Crippen LogP contribution >= 0.6 is 11.6 Å². The number of rotatable bonds is 3. The highest BCUT2D eigenvalue weighted by Crippen LogP contribution is 2.22. The number of halogens is 1. The van der Waals surface area contributed by atoms with Gasteiger partial charge in [-0.2, -0.15) is 8.42 Å². The zero-order valence-corrected chi connectivity index (χ0v) is 9.47. The maximum absolute atomic E-state index is 11.6. The quantitative estimate of drug-likeness (QED) is 0.755. The molecule has 0 amide bonds. The third-order valence-corrected chi connectivity index (χ3v) is 3.40. The minimum Gasteiger partial charge on any atom is -0.264 e. The van der Waals surface area contributed by atoms with Gasteiger partial charge < -0.3 is 0 Å². The Bertz CT molecular complexity index is 412. The SMILES string of the molecule is CC(C)OS(=O)(=O)c1ccccc1Cl. The molecular formula is C9H11ClO3S. The van der Waals surface area contributed by atoms with Gasteiger partial charge in [-0.3, -0.25) is 4.18 Å². The fourth-order valence-electron chi connectivity index (χ4n) is 0.953. The Balaban J connectivity index is 3.11. The van der Waals surface area contributed by atoms with Crippen LogP contribution in [0.2, 0.25) is 5.02 Å². The van der Waals surface area contributed by atoms with E-state index in [0.717, 1.165) is 0 Å². The number of benzene rings is 1. The lowest BCUT2D eigenvalue weighted by Crippen LogP contribution is -2.12. The summed E-state index contributed by atoms with van der Waals surface area (Å²) in [6, 6.07) is 6.19. The monoisotopic (exact) mass is 234 g/mol. The van der Waals surface area contributed by atoms with Crippen LogP contribution in [-0.4, -0.2) is 14.5 Å². The van der Waals surface area contributed by atoms with Gasteiger partial charge in [0.2, 0.25) is 0 Å². The van der Waals surface area contributed by atoms with Gasteiger partial charge in [0.05, 0.1) is 11.1 Å². The highest BCUT2D eigenvalue weighted by Gasteiger charge is 2.19. The summed E-state index contributed by atoms with van der Waals surface area (Å²) in [4.78, 5) is 0.00960. The Morgan fingerprint density at radius 2 is 1.86 bits per heavy atom. The third kappa shape index (κ3) is 2.70. The van der Waals surface area contributed by atoms with Gasteiger partial charge in [-0.1, -0.05) is 23.7 Å². The average molecular weight is 235 g/mol. The molecule has 78 valence electrons. The predicted octanol–water partition coefficient (Wildman–Crippen LogP) is 2.45. The topological polar surface area (TPSA) is 43.4 Å². The summed E-state index contributed by atoms with van der Waals surface area (Å²) in [7, 11) is -3.72. The largest absolute Gasteiger partial charge is 0.298 e. The van der Waals surface area contributed by atoms with E-state index in [1.807, 2.05) is 0 Å². The summed E-state index contributed by atoms with van der Waals surface area (Å²) >= 11 is 5.73. The molecule has 0 spiro atoms. The van der Waals surface area contributed by atoms with Crippen molar-refractivity contribution in [1.82, 2.24) is 0 Å².